The molecule has 1 heterocycles. The van der Waals surface area contributed by atoms with Gasteiger partial charge in [-0.15, -0.1) is 0 Å². The molecule has 0 atom stereocenters. The van der Waals surface area contributed by atoms with Gasteiger partial charge in [-0.3, -0.25) is 4.98 Å². The summed E-state index contributed by atoms with van der Waals surface area (Å²) in [6.45, 7) is 2.76. The van der Waals surface area contributed by atoms with Gasteiger partial charge in [-0.1, -0.05) is 11.6 Å². The largest absolute Gasteiger partial charge is 0.363 e. The second-order valence-electron chi connectivity index (χ2n) is 2.34. The van der Waals surface area contributed by atoms with Crippen molar-refractivity contribution in [2.45, 2.75) is 6.92 Å². The lowest BCUT2D eigenvalue weighted by Crippen LogP contribution is -2.27. The minimum atomic E-state index is 0.558. The maximum atomic E-state index is 5.86. The van der Waals surface area contributed by atoms with Crippen molar-refractivity contribution in [3.8, 4) is 0 Å². The van der Waals surface area contributed by atoms with Gasteiger partial charge in [-0.25, -0.2) is 0 Å². The third kappa shape index (κ3) is 3.16. The van der Waals surface area contributed by atoms with Crippen LogP contribution < -0.4 is 10.6 Å². The van der Waals surface area contributed by atoms with Crippen molar-refractivity contribution in [2.75, 3.05) is 11.9 Å². The summed E-state index contributed by atoms with van der Waals surface area (Å²) in [6, 6.07) is 1.77. The van der Waals surface area contributed by atoms with E-state index in [4.69, 9.17) is 23.8 Å². The van der Waals surface area contributed by atoms with Crippen molar-refractivity contribution in [3.05, 3.63) is 23.5 Å². The van der Waals surface area contributed by atoms with Crippen molar-refractivity contribution in [2.24, 2.45) is 0 Å². The summed E-state index contributed by atoms with van der Waals surface area (Å²) >= 11 is 10.8. The molecule has 1 aromatic heterocycles. The normalized spacial score (nSPS) is 9.38. The molecule has 5 heteroatoms. The standard InChI is InChI=1S/C8H10ClN3S/c1-2-11-8(13)12-7-3-4-10-5-6(7)9/h3-5H,2H2,1H3,(H2,10,11,12,13). The number of nitrogens with one attached hydrogen (secondary N) is 2. The molecule has 0 amide bonds. The Morgan fingerprint density at radius 3 is 3.08 bits per heavy atom. The smallest absolute Gasteiger partial charge is 0.170 e. The summed E-state index contributed by atoms with van der Waals surface area (Å²) < 4.78 is 0. The second-order valence-corrected chi connectivity index (χ2v) is 3.16. The van der Waals surface area contributed by atoms with Crippen LogP contribution in [0.25, 0.3) is 0 Å². The summed E-state index contributed by atoms with van der Waals surface area (Å²) in [6.07, 6.45) is 3.22. The van der Waals surface area contributed by atoms with Crippen molar-refractivity contribution in [1.82, 2.24) is 10.3 Å². The van der Waals surface area contributed by atoms with Gasteiger partial charge in [0.25, 0.3) is 0 Å². The molecule has 0 spiro atoms. The van der Waals surface area contributed by atoms with Crippen LogP contribution in [0.2, 0.25) is 5.02 Å². The fraction of sp³-hybridized carbons (Fsp3) is 0.250. The molecule has 0 aliphatic carbocycles. The molecule has 3 nitrogen and oxygen atoms in total. The Kier molecular flexibility index (Phi) is 3.92. The monoisotopic (exact) mass is 215 g/mol. The Morgan fingerprint density at radius 1 is 1.69 bits per heavy atom. The third-order valence-corrected chi connectivity index (χ3v) is 1.91. The first-order valence-corrected chi connectivity index (χ1v) is 4.67. The zero-order valence-corrected chi connectivity index (χ0v) is 8.75. The van der Waals surface area contributed by atoms with Crippen molar-refractivity contribution in [1.29, 1.82) is 0 Å². The summed E-state index contributed by atoms with van der Waals surface area (Å²) in [5.41, 5.74) is 0.766. The maximum absolute atomic E-state index is 5.86. The van der Waals surface area contributed by atoms with Crippen LogP contribution in [0.15, 0.2) is 18.5 Å². The van der Waals surface area contributed by atoms with Gasteiger partial charge in [0.05, 0.1) is 10.7 Å². The Bertz CT molecular complexity index is 303. The van der Waals surface area contributed by atoms with Crippen molar-refractivity contribution >= 4 is 34.6 Å². The fourth-order valence-corrected chi connectivity index (χ4v) is 1.22. The van der Waals surface area contributed by atoms with Crippen LogP contribution in [-0.4, -0.2) is 16.6 Å². The minimum absolute atomic E-state index is 0.558. The van der Waals surface area contributed by atoms with Gasteiger partial charge in [0.1, 0.15) is 0 Å². The lowest BCUT2D eigenvalue weighted by Gasteiger charge is -2.09. The van der Waals surface area contributed by atoms with Gasteiger partial charge in [0.2, 0.25) is 0 Å². The summed E-state index contributed by atoms with van der Waals surface area (Å²) in [5.74, 6) is 0. The number of rotatable bonds is 2. The van der Waals surface area contributed by atoms with Gasteiger partial charge in [-0.05, 0) is 25.2 Å². The van der Waals surface area contributed by atoms with Gasteiger partial charge >= 0.3 is 0 Å². The van der Waals surface area contributed by atoms with Gasteiger partial charge < -0.3 is 10.6 Å². The highest BCUT2D eigenvalue weighted by Crippen LogP contribution is 2.18. The Morgan fingerprint density at radius 2 is 2.46 bits per heavy atom. The summed E-state index contributed by atoms with van der Waals surface area (Å²) in [7, 11) is 0. The minimum Gasteiger partial charge on any atom is -0.363 e. The molecule has 0 aliphatic rings. The van der Waals surface area contributed by atoms with E-state index in [1.807, 2.05) is 6.92 Å². The molecular weight excluding hydrogens is 206 g/mol. The molecule has 0 saturated carbocycles. The number of aromatic nitrogens is 1. The molecule has 2 N–H and O–H groups in total. The number of nitrogens with zero attached hydrogens (tertiary/aromatic N) is 1. The SMILES string of the molecule is CCNC(=S)Nc1ccncc1Cl. The number of halogens is 1. The number of thiocarbonyl (C=S) groups is 1. The Hall–Kier alpha value is -0.870. The van der Waals surface area contributed by atoms with Gasteiger partial charge in [0.15, 0.2) is 5.11 Å². The van der Waals surface area contributed by atoms with Crippen LogP contribution in [-0.2, 0) is 0 Å². The van der Waals surface area contributed by atoms with E-state index in [-0.39, 0.29) is 0 Å². The summed E-state index contributed by atoms with van der Waals surface area (Å²) in [4.78, 5) is 3.86. The number of hydrogen-bond donors (Lipinski definition) is 2. The molecular formula is C8H10ClN3S. The second kappa shape index (κ2) is 4.99. The summed E-state index contributed by atoms with van der Waals surface area (Å²) in [5, 5.41) is 7.05. The number of hydrogen-bond acceptors (Lipinski definition) is 2. The number of pyridine rings is 1. The van der Waals surface area contributed by atoms with E-state index in [0.717, 1.165) is 12.2 Å². The molecule has 0 radical (unpaired) electrons. The van der Waals surface area contributed by atoms with E-state index in [1.165, 1.54) is 0 Å². The van der Waals surface area contributed by atoms with E-state index in [2.05, 4.69) is 15.6 Å². The Balaban J connectivity index is 2.63. The molecule has 0 fully saturated rings. The van der Waals surface area contributed by atoms with E-state index >= 15 is 0 Å². The molecule has 13 heavy (non-hydrogen) atoms. The third-order valence-electron chi connectivity index (χ3n) is 1.36. The first-order valence-electron chi connectivity index (χ1n) is 3.88. The molecule has 0 aliphatic heterocycles. The molecule has 0 unspecified atom stereocenters. The molecule has 0 bridgehead atoms. The van der Waals surface area contributed by atoms with E-state index in [9.17, 15) is 0 Å². The quantitative estimate of drug-likeness (QED) is 0.741. The van der Waals surface area contributed by atoms with E-state index < -0.39 is 0 Å². The lowest BCUT2D eigenvalue weighted by atomic mass is 10.4. The van der Waals surface area contributed by atoms with Crippen molar-refractivity contribution in [3.63, 3.8) is 0 Å². The van der Waals surface area contributed by atoms with Crippen LogP contribution in [0, 0.1) is 0 Å². The lowest BCUT2D eigenvalue weighted by molar-refractivity contribution is 0.979. The highest BCUT2D eigenvalue weighted by Gasteiger charge is 1.99. The maximum Gasteiger partial charge on any atom is 0.170 e. The molecule has 0 saturated heterocycles. The van der Waals surface area contributed by atoms with Gasteiger partial charge in [0, 0.05) is 18.9 Å². The van der Waals surface area contributed by atoms with Crippen LogP contribution in [0.1, 0.15) is 6.92 Å². The number of anilines is 1. The van der Waals surface area contributed by atoms with Crippen LogP contribution in [0.3, 0.4) is 0 Å². The van der Waals surface area contributed by atoms with Crippen LogP contribution in [0.4, 0.5) is 5.69 Å². The Labute approximate surface area is 87.5 Å². The van der Waals surface area contributed by atoms with E-state index in [0.29, 0.717) is 10.1 Å². The van der Waals surface area contributed by atoms with Gasteiger partial charge in [-0.2, -0.15) is 0 Å². The molecule has 1 rings (SSSR count). The predicted octanol–water partition coefficient (Wildman–Crippen LogP) is 2.04. The first kappa shape index (κ1) is 10.2. The first-order chi connectivity index (χ1) is 6.24. The zero-order valence-electron chi connectivity index (χ0n) is 7.17. The topological polar surface area (TPSA) is 37.0 Å². The van der Waals surface area contributed by atoms with E-state index in [1.54, 1.807) is 18.5 Å². The molecule has 70 valence electrons. The predicted molar refractivity (Wildman–Crippen MR) is 59.1 cm³/mol. The average molecular weight is 216 g/mol. The van der Waals surface area contributed by atoms with Crippen LogP contribution in [0.5, 0.6) is 0 Å². The van der Waals surface area contributed by atoms with Crippen LogP contribution >= 0.6 is 23.8 Å². The molecule has 0 aromatic carbocycles. The fourth-order valence-electron chi connectivity index (χ4n) is 0.804. The zero-order chi connectivity index (χ0) is 9.68. The highest BCUT2D eigenvalue weighted by atomic mass is 35.5. The average Bonchev–Trinajstić information content (AvgIpc) is 2.09. The van der Waals surface area contributed by atoms with Crippen molar-refractivity contribution < 1.29 is 0 Å². The molecule has 1 aromatic rings. The highest BCUT2D eigenvalue weighted by molar-refractivity contribution is 7.80.